The Bertz CT molecular complexity index is 4030. The van der Waals surface area contributed by atoms with Gasteiger partial charge in [0.25, 0.3) is 0 Å². The molecule has 0 N–H and O–H groups in total. The van der Waals surface area contributed by atoms with Crippen LogP contribution in [0.5, 0.6) is 0 Å². The summed E-state index contributed by atoms with van der Waals surface area (Å²) in [5, 5.41) is 36.4. The molecule has 69 heavy (non-hydrogen) atoms. The Morgan fingerprint density at radius 3 is 0.768 bits per heavy atom. The summed E-state index contributed by atoms with van der Waals surface area (Å²) in [7, 11) is 0. The zero-order valence-corrected chi connectivity index (χ0v) is 36.2. The molecule has 0 radical (unpaired) electrons. The highest BCUT2D eigenvalue weighted by atomic mass is 15.1. The van der Waals surface area contributed by atoms with Gasteiger partial charge < -0.3 is 13.7 Å². The van der Waals surface area contributed by atoms with Crippen molar-refractivity contribution >= 4 is 65.4 Å². The molecule has 0 fully saturated rings. The number of hydrogen-bond donors (Lipinski definition) is 0. The van der Waals surface area contributed by atoms with E-state index in [0.29, 0.717) is 45.1 Å². The van der Waals surface area contributed by atoms with Crippen LogP contribution in [0.4, 0.5) is 0 Å². The molecular weight excluding hydrogens is 853 g/mol. The molecule has 0 aliphatic carbocycles. The Hall–Kier alpha value is -10.4. The van der Waals surface area contributed by atoms with Crippen molar-refractivity contribution in [1.82, 2.24) is 43.6 Å². The minimum atomic E-state index is 0.130. The van der Waals surface area contributed by atoms with Crippen molar-refractivity contribution in [3.05, 3.63) is 200 Å². The van der Waals surface area contributed by atoms with E-state index in [2.05, 4.69) is 144 Å². The van der Waals surface area contributed by atoms with Crippen molar-refractivity contribution in [2.24, 2.45) is 0 Å². The molecule has 0 aliphatic heterocycles. The van der Waals surface area contributed by atoms with Crippen molar-refractivity contribution in [3.8, 4) is 69.0 Å². The lowest BCUT2D eigenvalue weighted by molar-refractivity contribution is 1.04. The van der Waals surface area contributed by atoms with Crippen LogP contribution in [0.3, 0.4) is 0 Å². The van der Waals surface area contributed by atoms with Crippen LogP contribution in [0.25, 0.3) is 116 Å². The van der Waals surface area contributed by atoms with Crippen LogP contribution in [0.2, 0.25) is 0 Å². The topological polar surface area (TPSA) is 164 Å². The van der Waals surface area contributed by atoms with Crippen LogP contribution in [0.15, 0.2) is 183 Å². The van der Waals surface area contributed by atoms with Crippen LogP contribution in [-0.2, 0) is 0 Å². The molecule has 6 aromatic heterocycles. The molecule has 0 saturated heterocycles. The zero-order chi connectivity index (χ0) is 46.2. The number of para-hydroxylation sites is 6. The van der Waals surface area contributed by atoms with E-state index >= 15 is 0 Å². The Morgan fingerprint density at radius 1 is 0.275 bits per heavy atom. The SMILES string of the molecule is N#Cc1cnc(-c2c(-c3cnc(C#N)cn3)c(-n3c4ccccc4c4ccccc43)c(-n3c4ccccc4c4ccccc43)c(-n3c4ccccc4c4ccccc43)c2-c2cnc(C#N)cn2)cn1. The van der Waals surface area contributed by atoms with Gasteiger partial charge in [-0.25, -0.2) is 15.0 Å². The van der Waals surface area contributed by atoms with E-state index in [1.54, 1.807) is 18.6 Å². The highest BCUT2D eigenvalue weighted by Gasteiger charge is 2.35. The number of benzene rings is 7. The zero-order valence-electron chi connectivity index (χ0n) is 36.2. The fourth-order valence-corrected chi connectivity index (χ4v) is 10.1. The lowest BCUT2D eigenvalue weighted by Crippen LogP contribution is -2.15. The molecule has 0 bridgehead atoms. The van der Waals surface area contributed by atoms with Gasteiger partial charge in [-0.1, -0.05) is 109 Å². The van der Waals surface area contributed by atoms with Crippen LogP contribution in [-0.4, -0.2) is 43.6 Å². The van der Waals surface area contributed by atoms with Crippen molar-refractivity contribution in [3.63, 3.8) is 0 Å². The number of rotatable bonds is 6. The summed E-state index contributed by atoms with van der Waals surface area (Å²) in [6.45, 7) is 0. The molecule has 0 aliphatic rings. The summed E-state index contributed by atoms with van der Waals surface area (Å²) in [6.07, 6.45) is 9.24. The van der Waals surface area contributed by atoms with Gasteiger partial charge in [-0.2, -0.15) is 15.8 Å². The van der Waals surface area contributed by atoms with E-state index in [4.69, 9.17) is 15.0 Å². The third kappa shape index (κ3) is 5.79. The Labute approximate surface area is 392 Å². The quantitative estimate of drug-likeness (QED) is 0.158. The first kappa shape index (κ1) is 39.1. The Balaban J connectivity index is 1.42. The number of nitriles is 3. The normalized spacial score (nSPS) is 11.4. The summed E-state index contributed by atoms with van der Waals surface area (Å²) >= 11 is 0. The van der Waals surface area contributed by atoms with E-state index in [1.807, 2.05) is 48.5 Å². The molecule has 0 unspecified atom stereocenters. The van der Waals surface area contributed by atoms with Gasteiger partial charge in [0.05, 0.1) is 104 Å². The van der Waals surface area contributed by atoms with E-state index < -0.39 is 0 Å². The molecule has 0 atom stereocenters. The molecule has 13 rings (SSSR count). The van der Waals surface area contributed by atoms with Gasteiger partial charge in [-0.05, 0) is 36.4 Å². The van der Waals surface area contributed by atoms with E-state index in [0.717, 1.165) is 71.1 Å². The fraction of sp³-hybridized carbons (Fsp3) is 0. The second-order valence-electron chi connectivity index (χ2n) is 16.5. The predicted octanol–water partition coefficient (Wildman–Crippen LogP) is 12.0. The molecule has 0 spiro atoms. The van der Waals surface area contributed by atoms with Gasteiger partial charge in [0, 0.05) is 49.0 Å². The van der Waals surface area contributed by atoms with Crippen LogP contribution in [0.1, 0.15) is 17.1 Å². The van der Waals surface area contributed by atoms with Gasteiger partial charge in [0.1, 0.15) is 18.2 Å². The summed E-state index contributed by atoms with van der Waals surface area (Å²) < 4.78 is 6.92. The number of aromatic nitrogens is 9. The first-order valence-corrected chi connectivity index (χ1v) is 22.0. The molecule has 7 aromatic carbocycles. The summed E-state index contributed by atoms with van der Waals surface area (Å²) in [4.78, 5) is 29.2. The monoisotopic (exact) mass is 882 g/mol. The van der Waals surface area contributed by atoms with Gasteiger partial charge in [-0.3, -0.25) is 15.0 Å². The molecular formula is C57H30N12. The Morgan fingerprint density at radius 2 is 0.522 bits per heavy atom. The lowest BCUT2D eigenvalue weighted by Gasteiger charge is -2.29. The largest absolute Gasteiger partial charge is 0.306 e. The minimum Gasteiger partial charge on any atom is -0.306 e. The minimum absolute atomic E-state index is 0.130. The number of hydrogen-bond acceptors (Lipinski definition) is 9. The third-order valence-corrected chi connectivity index (χ3v) is 12.9. The third-order valence-electron chi connectivity index (χ3n) is 12.9. The predicted molar refractivity (Wildman–Crippen MR) is 267 cm³/mol. The maximum Gasteiger partial charge on any atom is 0.158 e. The number of nitrogens with zero attached hydrogens (tertiary/aromatic N) is 12. The molecule has 12 heteroatoms. The Kier molecular flexibility index (Phi) is 8.71. The molecule has 13 aromatic rings. The van der Waals surface area contributed by atoms with Crippen LogP contribution >= 0.6 is 0 Å². The second kappa shape index (κ2) is 15.4. The maximum absolute atomic E-state index is 10.1. The smallest absolute Gasteiger partial charge is 0.158 e. The first-order valence-electron chi connectivity index (χ1n) is 22.0. The molecule has 0 amide bonds. The van der Waals surface area contributed by atoms with E-state index in [9.17, 15) is 15.8 Å². The van der Waals surface area contributed by atoms with Gasteiger partial charge in [0.15, 0.2) is 17.1 Å². The average Bonchev–Trinajstić information content (AvgIpc) is 4.06. The highest BCUT2D eigenvalue weighted by molar-refractivity contribution is 6.17. The van der Waals surface area contributed by atoms with Crippen molar-refractivity contribution in [2.45, 2.75) is 0 Å². The summed E-state index contributed by atoms with van der Waals surface area (Å²) in [6, 6.07) is 56.7. The lowest BCUT2D eigenvalue weighted by atomic mass is 9.88. The summed E-state index contributed by atoms with van der Waals surface area (Å²) in [5.74, 6) is 0. The fourth-order valence-electron chi connectivity index (χ4n) is 10.1. The van der Waals surface area contributed by atoms with Crippen molar-refractivity contribution in [1.29, 1.82) is 15.8 Å². The molecule has 12 nitrogen and oxygen atoms in total. The van der Waals surface area contributed by atoms with E-state index in [1.165, 1.54) is 18.6 Å². The molecule has 0 saturated carbocycles. The highest BCUT2D eigenvalue weighted by Crippen LogP contribution is 2.53. The average molecular weight is 883 g/mol. The number of fused-ring (bicyclic) bond motifs is 9. The maximum atomic E-state index is 10.1. The van der Waals surface area contributed by atoms with Crippen molar-refractivity contribution < 1.29 is 0 Å². The standard InChI is InChI=1S/C57H30N12/c58-25-34-28-64-43(31-61-34)52-53(44-32-62-35(26-59)29-65-44)55(67-46-19-7-1-13-37(46)38-14-2-8-20-47(38)67)57(69-50-23-11-5-17-41(50)42-18-6-12-24-51(42)69)56(54(52)45-33-63-36(27-60)30-66-45)68-48-21-9-3-15-39(48)40-16-4-10-22-49(40)68/h1-24,28-33H. The van der Waals surface area contributed by atoms with Crippen molar-refractivity contribution in [2.75, 3.05) is 0 Å². The van der Waals surface area contributed by atoms with Crippen LogP contribution < -0.4 is 0 Å². The second-order valence-corrected chi connectivity index (χ2v) is 16.5. The van der Waals surface area contributed by atoms with Gasteiger partial charge in [0.2, 0.25) is 0 Å². The molecule has 6 heterocycles. The molecule has 318 valence electrons. The van der Waals surface area contributed by atoms with Gasteiger partial charge >= 0.3 is 0 Å². The summed E-state index contributed by atoms with van der Waals surface area (Å²) in [5.41, 5.74) is 11.1. The first-order chi connectivity index (χ1) is 34.1. The van der Waals surface area contributed by atoms with E-state index in [-0.39, 0.29) is 17.1 Å². The van der Waals surface area contributed by atoms with Gasteiger partial charge in [-0.15, -0.1) is 0 Å². The van der Waals surface area contributed by atoms with Crippen LogP contribution in [0, 0.1) is 34.0 Å².